The lowest BCUT2D eigenvalue weighted by atomic mass is 10.3. The molecular formula is C14H19N5O2. The Balaban J connectivity index is 2.11. The Bertz CT molecular complexity index is 674. The SMILES string of the molecule is CCCn1cc(NC(=O)c2cn(CCN)cn2)ccc1=O. The number of hydrogen-bond acceptors (Lipinski definition) is 4. The van der Waals surface area contributed by atoms with E-state index in [-0.39, 0.29) is 11.5 Å². The smallest absolute Gasteiger partial charge is 0.275 e. The Morgan fingerprint density at radius 1 is 1.33 bits per heavy atom. The van der Waals surface area contributed by atoms with Crippen LogP contribution in [-0.4, -0.2) is 26.6 Å². The molecule has 0 aliphatic heterocycles. The molecule has 2 rings (SSSR count). The maximum absolute atomic E-state index is 12.1. The lowest BCUT2D eigenvalue weighted by Crippen LogP contribution is -2.20. The van der Waals surface area contributed by atoms with Gasteiger partial charge in [-0.1, -0.05) is 6.92 Å². The van der Waals surface area contributed by atoms with Crippen molar-refractivity contribution in [3.05, 3.63) is 46.9 Å². The molecular weight excluding hydrogens is 270 g/mol. The summed E-state index contributed by atoms with van der Waals surface area (Å²) in [4.78, 5) is 27.7. The number of nitrogens with one attached hydrogen (secondary N) is 1. The Morgan fingerprint density at radius 2 is 2.14 bits per heavy atom. The Kier molecular flexibility index (Phi) is 4.89. The summed E-state index contributed by atoms with van der Waals surface area (Å²) in [5, 5.41) is 2.73. The summed E-state index contributed by atoms with van der Waals surface area (Å²) in [5.74, 6) is -0.313. The van der Waals surface area contributed by atoms with Crippen LogP contribution in [0.25, 0.3) is 0 Å². The average molecular weight is 289 g/mol. The molecule has 3 N–H and O–H groups in total. The molecule has 2 heterocycles. The van der Waals surface area contributed by atoms with Crippen molar-refractivity contribution in [2.75, 3.05) is 11.9 Å². The van der Waals surface area contributed by atoms with Crippen molar-refractivity contribution in [3.63, 3.8) is 0 Å². The molecule has 0 bridgehead atoms. The highest BCUT2D eigenvalue weighted by Gasteiger charge is 2.10. The van der Waals surface area contributed by atoms with Gasteiger partial charge in [0.2, 0.25) is 0 Å². The second-order valence-corrected chi connectivity index (χ2v) is 4.69. The first-order valence-electron chi connectivity index (χ1n) is 6.87. The van der Waals surface area contributed by atoms with E-state index in [9.17, 15) is 9.59 Å². The number of nitrogens with two attached hydrogens (primary N) is 1. The van der Waals surface area contributed by atoms with E-state index >= 15 is 0 Å². The summed E-state index contributed by atoms with van der Waals surface area (Å²) in [6.45, 7) is 3.70. The topological polar surface area (TPSA) is 94.9 Å². The van der Waals surface area contributed by atoms with Crippen molar-refractivity contribution in [2.24, 2.45) is 5.73 Å². The molecule has 0 aliphatic rings. The predicted molar refractivity (Wildman–Crippen MR) is 80.2 cm³/mol. The largest absolute Gasteiger partial charge is 0.335 e. The third-order valence-corrected chi connectivity index (χ3v) is 2.96. The van der Waals surface area contributed by atoms with Gasteiger partial charge in [0.15, 0.2) is 0 Å². The van der Waals surface area contributed by atoms with Crippen LogP contribution in [0.4, 0.5) is 5.69 Å². The lowest BCUT2D eigenvalue weighted by molar-refractivity contribution is 0.102. The van der Waals surface area contributed by atoms with Crippen molar-refractivity contribution >= 4 is 11.6 Å². The van der Waals surface area contributed by atoms with Crippen molar-refractivity contribution < 1.29 is 4.79 Å². The van der Waals surface area contributed by atoms with E-state index < -0.39 is 0 Å². The first-order chi connectivity index (χ1) is 10.1. The van der Waals surface area contributed by atoms with Crippen LogP contribution in [0.15, 0.2) is 35.6 Å². The van der Waals surface area contributed by atoms with Crippen molar-refractivity contribution in [3.8, 4) is 0 Å². The first kappa shape index (κ1) is 15.0. The normalized spacial score (nSPS) is 10.6. The average Bonchev–Trinajstić information content (AvgIpc) is 2.92. The lowest BCUT2D eigenvalue weighted by Gasteiger charge is -2.07. The van der Waals surface area contributed by atoms with Gasteiger partial charge >= 0.3 is 0 Å². The molecule has 0 saturated carbocycles. The molecule has 2 aromatic heterocycles. The fourth-order valence-electron chi connectivity index (χ4n) is 1.96. The van der Waals surface area contributed by atoms with Gasteiger partial charge in [0, 0.05) is 38.1 Å². The van der Waals surface area contributed by atoms with Crippen LogP contribution >= 0.6 is 0 Å². The van der Waals surface area contributed by atoms with E-state index in [1.54, 1.807) is 33.9 Å². The highest BCUT2D eigenvalue weighted by Crippen LogP contribution is 2.07. The summed E-state index contributed by atoms with van der Waals surface area (Å²) in [6, 6.07) is 3.03. The van der Waals surface area contributed by atoms with Gasteiger partial charge in [0.05, 0.1) is 12.0 Å². The Labute approximate surface area is 122 Å². The standard InChI is InChI=1S/C14H19N5O2/c1-2-6-19-8-11(3-4-13(19)20)17-14(21)12-9-18(7-5-15)10-16-12/h3-4,8-10H,2,5-7,15H2,1H3,(H,17,21). The molecule has 0 unspecified atom stereocenters. The minimum atomic E-state index is -0.313. The van der Waals surface area contributed by atoms with Crippen LogP contribution in [0.1, 0.15) is 23.8 Å². The molecule has 7 heteroatoms. The van der Waals surface area contributed by atoms with Crippen molar-refractivity contribution in [2.45, 2.75) is 26.4 Å². The van der Waals surface area contributed by atoms with Crippen molar-refractivity contribution in [1.29, 1.82) is 0 Å². The molecule has 0 radical (unpaired) electrons. The number of pyridine rings is 1. The second kappa shape index (κ2) is 6.85. The maximum atomic E-state index is 12.1. The zero-order valence-corrected chi connectivity index (χ0v) is 12.0. The highest BCUT2D eigenvalue weighted by atomic mass is 16.2. The van der Waals surface area contributed by atoms with Crippen LogP contribution in [-0.2, 0) is 13.1 Å². The molecule has 0 fully saturated rings. The van der Waals surface area contributed by atoms with E-state index in [0.29, 0.717) is 31.0 Å². The molecule has 1 amide bonds. The van der Waals surface area contributed by atoms with E-state index in [0.717, 1.165) is 6.42 Å². The molecule has 0 aromatic carbocycles. The molecule has 2 aromatic rings. The monoisotopic (exact) mass is 289 g/mol. The Morgan fingerprint density at radius 3 is 2.86 bits per heavy atom. The van der Waals surface area contributed by atoms with Crippen LogP contribution in [0, 0.1) is 0 Å². The van der Waals surface area contributed by atoms with E-state index in [1.165, 1.54) is 6.07 Å². The fourth-order valence-corrected chi connectivity index (χ4v) is 1.96. The molecule has 0 spiro atoms. The van der Waals surface area contributed by atoms with Gasteiger partial charge in [0.25, 0.3) is 11.5 Å². The highest BCUT2D eigenvalue weighted by molar-refractivity contribution is 6.02. The number of aromatic nitrogens is 3. The van der Waals surface area contributed by atoms with Crippen molar-refractivity contribution in [1.82, 2.24) is 14.1 Å². The molecule has 7 nitrogen and oxygen atoms in total. The minimum Gasteiger partial charge on any atom is -0.335 e. The van der Waals surface area contributed by atoms with Crippen LogP contribution in [0.3, 0.4) is 0 Å². The molecule has 112 valence electrons. The first-order valence-corrected chi connectivity index (χ1v) is 6.87. The Hall–Kier alpha value is -2.41. The number of hydrogen-bond donors (Lipinski definition) is 2. The second-order valence-electron chi connectivity index (χ2n) is 4.69. The van der Waals surface area contributed by atoms with Gasteiger partial charge in [0.1, 0.15) is 5.69 Å². The van der Waals surface area contributed by atoms with Gasteiger partial charge in [-0.25, -0.2) is 4.98 Å². The van der Waals surface area contributed by atoms with E-state index in [1.807, 2.05) is 6.92 Å². The molecule has 0 aliphatic carbocycles. The molecule has 0 saturated heterocycles. The minimum absolute atomic E-state index is 0.0814. The van der Waals surface area contributed by atoms with Gasteiger partial charge in [-0.15, -0.1) is 0 Å². The van der Waals surface area contributed by atoms with E-state index in [4.69, 9.17) is 5.73 Å². The summed E-state index contributed by atoms with van der Waals surface area (Å²) in [7, 11) is 0. The number of amides is 1. The third-order valence-electron chi connectivity index (χ3n) is 2.96. The number of carbonyl (C=O) groups is 1. The maximum Gasteiger partial charge on any atom is 0.275 e. The molecule has 0 atom stereocenters. The predicted octanol–water partition coefficient (Wildman–Crippen LogP) is 0.666. The number of aryl methyl sites for hydroxylation is 1. The molecule has 21 heavy (non-hydrogen) atoms. The van der Waals surface area contributed by atoms with Gasteiger partial charge in [-0.3, -0.25) is 9.59 Å². The number of rotatable bonds is 6. The number of imidazole rings is 1. The van der Waals surface area contributed by atoms with E-state index in [2.05, 4.69) is 10.3 Å². The zero-order chi connectivity index (χ0) is 15.2. The van der Waals surface area contributed by atoms with Crippen LogP contribution < -0.4 is 16.6 Å². The third kappa shape index (κ3) is 3.79. The number of anilines is 1. The number of nitrogens with zero attached hydrogens (tertiary/aromatic N) is 3. The summed E-state index contributed by atoms with van der Waals surface area (Å²) < 4.78 is 3.33. The quantitative estimate of drug-likeness (QED) is 0.817. The number of carbonyl (C=O) groups excluding carboxylic acids is 1. The van der Waals surface area contributed by atoms with Crippen LogP contribution in [0.5, 0.6) is 0 Å². The zero-order valence-electron chi connectivity index (χ0n) is 12.0. The summed E-state index contributed by atoms with van der Waals surface area (Å²) in [5.41, 5.74) is 6.25. The van der Waals surface area contributed by atoms with Gasteiger partial charge in [-0.05, 0) is 12.5 Å². The van der Waals surface area contributed by atoms with Crippen LogP contribution in [0.2, 0.25) is 0 Å². The van der Waals surface area contributed by atoms with Gasteiger partial charge in [-0.2, -0.15) is 0 Å². The fraction of sp³-hybridized carbons (Fsp3) is 0.357. The summed E-state index contributed by atoms with van der Waals surface area (Å²) in [6.07, 6.45) is 5.70. The summed E-state index contributed by atoms with van der Waals surface area (Å²) >= 11 is 0. The van der Waals surface area contributed by atoms with Gasteiger partial charge < -0.3 is 20.2 Å².